The molecule has 0 bridgehead atoms. The Hall–Kier alpha value is -1.81. The first kappa shape index (κ1) is 15.7. The minimum Gasteiger partial charge on any atom is -0.353 e. The van der Waals surface area contributed by atoms with E-state index in [0.717, 1.165) is 29.0 Å². The summed E-state index contributed by atoms with van der Waals surface area (Å²) in [5, 5.41) is 7.74. The Balaban J connectivity index is 1.63. The van der Waals surface area contributed by atoms with Crippen LogP contribution in [-0.4, -0.2) is 5.91 Å². The van der Waals surface area contributed by atoms with E-state index in [0.29, 0.717) is 0 Å². The quantitative estimate of drug-likeness (QED) is 0.784. The van der Waals surface area contributed by atoms with Crippen LogP contribution in [0.4, 0.5) is 5.00 Å². The lowest BCUT2D eigenvalue weighted by molar-refractivity contribution is 0.0935. The number of benzene rings is 1. The molecule has 0 radical (unpaired) electrons. The lowest BCUT2D eigenvalue weighted by atomic mass is 9.86. The van der Waals surface area contributed by atoms with Crippen LogP contribution in [0.15, 0.2) is 24.3 Å². The topological polar surface area (TPSA) is 41.1 Å². The summed E-state index contributed by atoms with van der Waals surface area (Å²) in [5.41, 5.74) is 4.74. The first-order valence-corrected chi connectivity index (χ1v) is 9.57. The Morgan fingerprint density at radius 3 is 2.46 bits per heavy atom. The molecule has 2 aliphatic rings. The number of anilines is 1. The van der Waals surface area contributed by atoms with Gasteiger partial charge >= 0.3 is 0 Å². The van der Waals surface area contributed by atoms with Crippen molar-refractivity contribution in [3.63, 3.8) is 0 Å². The van der Waals surface area contributed by atoms with Gasteiger partial charge in [-0.05, 0) is 47.8 Å². The first-order chi connectivity index (χ1) is 11.4. The van der Waals surface area contributed by atoms with Gasteiger partial charge in [0.1, 0.15) is 11.2 Å². The Morgan fingerprint density at radius 1 is 1.04 bits per heavy atom. The van der Waals surface area contributed by atoms with Gasteiger partial charge in [0.25, 0.3) is 5.91 Å². The lowest BCUT2D eigenvalue weighted by Gasteiger charge is -2.27. The molecule has 4 rings (SSSR count). The highest BCUT2D eigenvalue weighted by Crippen LogP contribution is 2.41. The molecule has 3 nitrogen and oxygen atoms in total. The summed E-state index contributed by atoms with van der Waals surface area (Å²) in [7, 11) is 0. The molecule has 1 aliphatic carbocycles. The predicted octanol–water partition coefficient (Wildman–Crippen LogP) is 4.78. The average molecular weight is 340 g/mol. The standard InChI is InChI=1S/C20H24N2OS/c1-20(2,3)13-10-8-12(9-11-13)17-21-18(23)16-14-6-4-5-7-15(14)24-19(16)22-17/h8-11,17,22H,4-7H2,1-3H3,(H,21,23). The van der Waals surface area contributed by atoms with Crippen molar-refractivity contribution in [1.29, 1.82) is 0 Å². The summed E-state index contributed by atoms with van der Waals surface area (Å²) in [5.74, 6) is 0.0769. The van der Waals surface area contributed by atoms with E-state index in [1.54, 1.807) is 11.3 Å². The Labute approximate surface area is 147 Å². The maximum atomic E-state index is 12.7. The van der Waals surface area contributed by atoms with Crippen LogP contribution in [0.2, 0.25) is 0 Å². The smallest absolute Gasteiger partial charge is 0.256 e. The van der Waals surface area contributed by atoms with Crippen molar-refractivity contribution in [1.82, 2.24) is 5.32 Å². The number of hydrogen-bond donors (Lipinski definition) is 2. The molecule has 24 heavy (non-hydrogen) atoms. The molecular formula is C20H24N2OS. The Kier molecular flexibility index (Phi) is 3.68. The molecule has 1 aromatic heterocycles. The average Bonchev–Trinajstić information content (AvgIpc) is 2.93. The van der Waals surface area contributed by atoms with Gasteiger partial charge in [-0.15, -0.1) is 11.3 Å². The van der Waals surface area contributed by atoms with Crippen LogP contribution in [-0.2, 0) is 18.3 Å². The van der Waals surface area contributed by atoms with Crippen molar-refractivity contribution >= 4 is 22.2 Å². The van der Waals surface area contributed by atoms with Gasteiger partial charge in [-0.2, -0.15) is 0 Å². The monoisotopic (exact) mass is 340 g/mol. The Bertz CT molecular complexity index is 783. The molecule has 0 spiro atoms. The van der Waals surface area contributed by atoms with Crippen molar-refractivity contribution < 1.29 is 4.79 Å². The van der Waals surface area contributed by atoms with Gasteiger partial charge < -0.3 is 10.6 Å². The van der Waals surface area contributed by atoms with E-state index in [-0.39, 0.29) is 17.5 Å². The molecule has 126 valence electrons. The third-order valence-electron chi connectivity index (χ3n) is 5.06. The van der Waals surface area contributed by atoms with Crippen LogP contribution in [0.1, 0.15) is 71.7 Å². The summed E-state index contributed by atoms with van der Waals surface area (Å²) < 4.78 is 0. The minimum atomic E-state index is -0.140. The number of hydrogen-bond acceptors (Lipinski definition) is 3. The summed E-state index contributed by atoms with van der Waals surface area (Å²) in [6.07, 6.45) is 4.46. The summed E-state index contributed by atoms with van der Waals surface area (Å²) in [6.45, 7) is 6.64. The SMILES string of the molecule is CC(C)(C)c1ccc(C2NC(=O)c3c(sc4c3CCCC4)N2)cc1. The zero-order valence-electron chi connectivity index (χ0n) is 14.5. The highest BCUT2D eigenvalue weighted by atomic mass is 32.1. The van der Waals surface area contributed by atoms with Gasteiger partial charge in [0, 0.05) is 4.88 Å². The van der Waals surface area contributed by atoms with Crippen LogP contribution in [0.25, 0.3) is 0 Å². The number of nitrogens with one attached hydrogen (secondary N) is 2. The maximum Gasteiger partial charge on any atom is 0.256 e. The van der Waals surface area contributed by atoms with E-state index >= 15 is 0 Å². The van der Waals surface area contributed by atoms with E-state index < -0.39 is 0 Å². The second-order valence-corrected chi connectivity index (χ2v) is 8.94. The normalized spacial score (nSPS) is 20.0. The highest BCUT2D eigenvalue weighted by molar-refractivity contribution is 7.16. The van der Waals surface area contributed by atoms with Crippen molar-refractivity contribution in [2.24, 2.45) is 0 Å². The van der Waals surface area contributed by atoms with Gasteiger partial charge in [0.05, 0.1) is 5.56 Å². The highest BCUT2D eigenvalue weighted by Gasteiger charge is 2.32. The fourth-order valence-electron chi connectivity index (χ4n) is 3.62. The molecule has 0 saturated heterocycles. The number of thiophene rings is 1. The largest absolute Gasteiger partial charge is 0.353 e. The molecule has 1 unspecified atom stereocenters. The third kappa shape index (κ3) is 2.63. The number of aryl methyl sites for hydroxylation is 1. The zero-order valence-corrected chi connectivity index (χ0v) is 15.3. The van der Waals surface area contributed by atoms with Gasteiger partial charge in [0.15, 0.2) is 0 Å². The van der Waals surface area contributed by atoms with Crippen LogP contribution in [0.3, 0.4) is 0 Å². The van der Waals surface area contributed by atoms with E-state index in [4.69, 9.17) is 0 Å². The number of amides is 1. The Morgan fingerprint density at radius 2 is 1.75 bits per heavy atom. The van der Waals surface area contributed by atoms with Crippen LogP contribution in [0, 0.1) is 0 Å². The minimum absolute atomic E-state index is 0.0769. The van der Waals surface area contributed by atoms with E-state index in [1.165, 1.54) is 28.8 Å². The van der Waals surface area contributed by atoms with E-state index in [2.05, 4.69) is 55.7 Å². The molecule has 2 N–H and O–H groups in total. The van der Waals surface area contributed by atoms with Crippen molar-refractivity contribution in [3.8, 4) is 0 Å². The number of fused-ring (bicyclic) bond motifs is 3. The fourth-order valence-corrected chi connectivity index (χ4v) is 4.94. The number of rotatable bonds is 1. The molecule has 1 aliphatic heterocycles. The van der Waals surface area contributed by atoms with Crippen molar-refractivity contribution in [2.75, 3.05) is 5.32 Å². The molecule has 4 heteroatoms. The zero-order chi connectivity index (χ0) is 16.9. The summed E-state index contributed by atoms with van der Waals surface area (Å²) >= 11 is 1.78. The molecule has 1 aromatic carbocycles. The molecule has 0 saturated carbocycles. The van der Waals surface area contributed by atoms with Crippen molar-refractivity contribution in [3.05, 3.63) is 51.4 Å². The molecule has 0 fully saturated rings. The fraction of sp³-hybridized carbons (Fsp3) is 0.450. The summed E-state index contributed by atoms with van der Waals surface area (Å²) in [4.78, 5) is 14.1. The first-order valence-electron chi connectivity index (χ1n) is 8.76. The van der Waals surface area contributed by atoms with E-state index in [1.807, 2.05) is 0 Å². The lowest BCUT2D eigenvalue weighted by Crippen LogP contribution is -2.38. The number of carbonyl (C=O) groups excluding carboxylic acids is 1. The third-order valence-corrected chi connectivity index (χ3v) is 6.28. The van der Waals surface area contributed by atoms with Gasteiger partial charge in [-0.25, -0.2) is 0 Å². The molecule has 1 amide bonds. The van der Waals surface area contributed by atoms with Gasteiger partial charge in [-0.1, -0.05) is 45.0 Å². The molecule has 2 aromatic rings. The maximum absolute atomic E-state index is 12.7. The van der Waals surface area contributed by atoms with Crippen molar-refractivity contribution in [2.45, 2.75) is 58.0 Å². The summed E-state index contributed by atoms with van der Waals surface area (Å²) in [6, 6.07) is 8.57. The second kappa shape index (κ2) is 5.62. The van der Waals surface area contributed by atoms with Gasteiger partial charge in [0.2, 0.25) is 0 Å². The predicted molar refractivity (Wildman–Crippen MR) is 99.9 cm³/mol. The molecule has 1 atom stereocenters. The van der Waals surface area contributed by atoms with Gasteiger partial charge in [-0.3, -0.25) is 4.79 Å². The second-order valence-electron chi connectivity index (χ2n) is 7.84. The molecule has 2 heterocycles. The van der Waals surface area contributed by atoms with Crippen LogP contribution >= 0.6 is 11.3 Å². The molecular weight excluding hydrogens is 316 g/mol. The van der Waals surface area contributed by atoms with Crippen LogP contribution < -0.4 is 10.6 Å². The van der Waals surface area contributed by atoms with Crippen LogP contribution in [0.5, 0.6) is 0 Å². The number of carbonyl (C=O) groups is 1. The van der Waals surface area contributed by atoms with E-state index in [9.17, 15) is 4.79 Å².